The molecule has 0 spiro atoms. The van der Waals surface area contributed by atoms with Gasteiger partial charge in [-0.15, -0.1) is 0 Å². The molecule has 7 heteroatoms. The summed E-state index contributed by atoms with van der Waals surface area (Å²) < 4.78 is 5.30. The molecule has 1 aromatic rings. The predicted molar refractivity (Wildman–Crippen MR) is 108 cm³/mol. The van der Waals surface area contributed by atoms with Crippen molar-refractivity contribution in [2.45, 2.75) is 66.1 Å². The van der Waals surface area contributed by atoms with Crippen molar-refractivity contribution in [3.05, 3.63) is 35.4 Å². The Balaban J connectivity index is 2.21. The molecule has 0 aromatic heterocycles. The molecule has 1 heterocycles. The third kappa shape index (κ3) is 4.49. The number of hydrogen-bond acceptors (Lipinski definition) is 5. The summed E-state index contributed by atoms with van der Waals surface area (Å²) in [6.45, 7) is 10.8. The van der Waals surface area contributed by atoms with Gasteiger partial charge in [0, 0.05) is 12.1 Å². The topological polar surface area (TPSA) is 84.0 Å². The van der Waals surface area contributed by atoms with Crippen LogP contribution in [0.5, 0.6) is 0 Å². The largest absolute Gasteiger partial charge is 0.454 e. The third-order valence-electron chi connectivity index (χ3n) is 5.27. The lowest BCUT2D eigenvalue weighted by Crippen LogP contribution is -2.50. The molecule has 0 aliphatic carbocycles. The molecular weight excluding hydrogens is 372 g/mol. The quantitative estimate of drug-likeness (QED) is 0.493. The lowest BCUT2D eigenvalue weighted by Gasteiger charge is -2.32. The van der Waals surface area contributed by atoms with Crippen molar-refractivity contribution >= 4 is 23.7 Å². The number of imide groups is 1. The summed E-state index contributed by atoms with van der Waals surface area (Å²) in [5.41, 5.74) is 0.556. The number of esters is 1. The first-order valence-electron chi connectivity index (χ1n) is 10.1. The van der Waals surface area contributed by atoms with E-state index < -0.39 is 30.4 Å². The predicted octanol–water partition coefficient (Wildman–Crippen LogP) is 2.89. The zero-order valence-corrected chi connectivity index (χ0v) is 18.0. The van der Waals surface area contributed by atoms with Crippen molar-refractivity contribution < 1.29 is 23.9 Å². The molecule has 0 unspecified atom stereocenters. The minimum Gasteiger partial charge on any atom is -0.454 e. The molecule has 0 radical (unpaired) electrons. The zero-order valence-electron chi connectivity index (χ0n) is 18.0. The number of fused-ring (bicyclic) bond motifs is 1. The highest BCUT2D eigenvalue weighted by Crippen LogP contribution is 2.28. The number of carbonyl (C=O) groups excluding carboxylic acids is 4. The maximum Gasteiger partial charge on any atom is 0.330 e. The summed E-state index contributed by atoms with van der Waals surface area (Å²) in [7, 11) is 0. The van der Waals surface area contributed by atoms with Crippen LogP contribution in [0.25, 0.3) is 0 Å². The molecule has 2 atom stereocenters. The van der Waals surface area contributed by atoms with Crippen molar-refractivity contribution in [3.8, 4) is 0 Å². The fourth-order valence-electron chi connectivity index (χ4n) is 3.74. The molecule has 3 amide bonds. The Morgan fingerprint density at radius 2 is 1.45 bits per heavy atom. The van der Waals surface area contributed by atoms with E-state index in [0.29, 0.717) is 6.42 Å². The smallest absolute Gasteiger partial charge is 0.330 e. The maximum atomic E-state index is 12.9. The van der Waals surface area contributed by atoms with Crippen molar-refractivity contribution in [3.63, 3.8) is 0 Å². The van der Waals surface area contributed by atoms with Crippen LogP contribution < -0.4 is 0 Å². The number of hydrogen-bond donors (Lipinski definition) is 0. The Morgan fingerprint density at radius 3 is 1.86 bits per heavy atom. The number of carbonyl (C=O) groups is 4. The van der Waals surface area contributed by atoms with Crippen molar-refractivity contribution in [2.24, 2.45) is 5.92 Å². The van der Waals surface area contributed by atoms with E-state index in [1.165, 1.54) is 0 Å². The monoisotopic (exact) mass is 402 g/mol. The molecule has 0 N–H and O–H groups in total. The van der Waals surface area contributed by atoms with E-state index in [1.807, 2.05) is 34.6 Å². The second-order valence-electron chi connectivity index (χ2n) is 7.95. The average Bonchev–Trinajstić information content (AvgIpc) is 2.91. The molecule has 1 aromatic carbocycles. The van der Waals surface area contributed by atoms with Crippen LogP contribution in [0.15, 0.2) is 24.3 Å². The Bertz CT molecular complexity index is 759. The van der Waals surface area contributed by atoms with Crippen molar-refractivity contribution in [2.75, 3.05) is 6.61 Å². The van der Waals surface area contributed by atoms with Crippen LogP contribution in [-0.4, -0.2) is 58.2 Å². The van der Waals surface area contributed by atoms with Crippen molar-refractivity contribution in [1.29, 1.82) is 0 Å². The Morgan fingerprint density at radius 1 is 0.966 bits per heavy atom. The molecular formula is C22H30N2O5. The van der Waals surface area contributed by atoms with Crippen LogP contribution in [-0.2, 0) is 14.3 Å². The van der Waals surface area contributed by atoms with E-state index in [-0.39, 0.29) is 35.0 Å². The summed E-state index contributed by atoms with van der Waals surface area (Å²) in [4.78, 5) is 53.7. The zero-order chi connectivity index (χ0) is 21.9. The minimum absolute atomic E-state index is 0.0391. The lowest BCUT2D eigenvalue weighted by atomic mass is 9.97. The third-order valence-corrected chi connectivity index (χ3v) is 5.27. The first-order chi connectivity index (χ1) is 13.6. The van der Waals surface area contributed by atoms with Gasteiger partial charge < -0.3 is 9.64 Å². The van der Waals surface area contributed by atoms with Gasteiger partial charge in [0.05, 0.1) is 11.1 Å². The van der Waals surface area contributed by atoms with Crippen LogP contribution in [0.1, 0.15) is 68.7 Å². The Labute approximate surface area is 172 Å². The number of ether oxygens (including phenoxy) is 1. The second-order valence-corrected chi connectivity index (χ2v) is 7.95. The highest BCUT2D eigenvalue weighted by Gasteiger charge is 2.45. The first-order valence-corrected chi connectivity index (χ1v) is 10.1. The van der Waals surface area contributed by atoms with E-state index in [0.717, 1.165) is 4.90 Å². The normalized spacial score (nSPS) is 15.5. The highest BCUT2D eigenvalue weighted by molar-refractivity contribution is 6.22. The van der Waals surface area contributed by atoms with Gasteiger partial charge >= 0.3 is 5.97 Å². The van der Waals surface area contributed by atoms with Crippen LogP contribution in [0.2, 0.25) is 0 Å². The molecule has 158 valence electrons. The number of amides is 3. The van der Waals surface area contributed by atoms with Gasteiger partial charge in [-0.3, -0.25) is 19.3 Å². The van der Waals surface area contributed by atoms with Gasteiger partial charge in [0.15, 0.2) is 6.61 Å². The summed E-state index contributed by atoms with van der Waals surface area (Å²) in [5, 5.41) is 0. The van der Waals surface area contributed by atoms with Crippen molar-refractivity contribution in [1.82, 2.24) is 9.80 Å². The molecule has 1 aliphatic rings. The Hall–Kier alpha value is -2.70. The van der Waals surface area contributed by atoms with E-state index >= 15 is 0 Å². The lowest BCUT2D eigenvalue weighted by molar-refractivity contribution is -0.158. The maximum absolute atomic E-state index is 12.9. The van der Waals surface area contributed by atoms with Crippen LogP contribution in [0.4, 0.5) is 0 Å². The summed E-state index contributed by atoms with van der Waals surface area (Å²) in [6.07, 6.45) is 0.561. The summed E-state index contributed by atoms with van der Waals surface area (Å²) >= 11 is 0. The van der Waals surface area contributed by atoms with Crippen LogP contribution in [0, 0.1) is 5.92 Å². The number of benzene rings is 1. The van der Waals surface area contributed by atoms with Gasteiger partial charge in [0.25, 0.3) is 17.7 Å². The second kappa shape index (κ2) is 9.20. The number of nitrogens with zero attached hydrogens (tertiary/aromatic N) is 2. The first kappa shape index (κ1) is 22.6. The van der Waals surface area contributed by atoms with E-state index in [1.54, 1.807) is 36.1 Å². The highest BCUT2D eigenvalue weighted by atomic mass is 16.5. The van der Waals surface area contributed by atoms with Gasteiger partial charge in [-0.1, -0.05) is 32.4 Å². The fraction of sp³-hybridized carbons (Fsp3) is 0.545. The van der Waals surface area contributed by atoms with E-state index in [4.69, 9.17) is 4.74 Å². The number of rotatable bonds is 8. The molecule has 29 heavy (non-hydrogen) atoms. The molecule has 1 aliphatic heterocycles. The van der Waals surface area contributed by atoms with Gasteiger partial charge in [0.2, 0.25) is 0 Å². The average molecular weight is 402 g/mol. The van der Waals surface area contributed by atoms with Gasteiger partial charge in [-0.25, -0.2) is 4.79 Å². The van der Waals surface area contributed by atoms with Gasteiger partial charge in [0.1, 0.15) is 6.04 Å². The standard InChI is InChI=1S/C22H30N2O5/c1-7-15(6)19(22(28)29-12-18(25)23(13(2)3)14(4)5)24-20(26)16-10-8-9-11-17(16)21(24)27/h8-11,13-15,19H,7,12H2,1-6H3/t15-,19-/m0/s1. The van der Waals surface area contributed by atoms with Crippen LogP contribution in [0.3, 0.4) is 0 Å². The molecule has 0 saturated carbocycles. The molecule has 0 bridgehead atoms. The Kier molecular flexibility index (Phi) is 7.16. The van der Waals surface area contributed by atoms with Gasteiger partial charge in [-0.05, 0) is 45.7 Å². The fourth-order valence-corrected chi connectivity index (χ4v) is 3.74. The summed E-state index contributed by atoms with van der Waals surface area (Å²) in [5.74, 6) is -2.38. The van der Waals surface area contributed by atoms with Gasteiger partial charge in [-0.2, -0.15) is 0 Å². The van der Waals surface area contributed by atoms with E-state index in [9.17, 15) is 19.2 Å². The molecule has 2 rings (SSSR count). The molecule has 0 saturated heterocycles. The minimum atomic E-state index is -1.08. The van der Waals surface area contributed by atoms with E-state index in [2.05, 4.69) is 0 Å². The summed E-state index contributed by atoms with van der Waals surface area (Å²) in [6, 6.07) is 5.34. The van der Waals surface area contributed by atoms with Crippen LogP contribution >= 0.6 is 0 Å². The SMILES string of the molecule is CC[C@H](C)[C@@H](C(=O)OCC(=O)N(C(C)C)C(C)C)N1C(=O)c2ccccc2C1=O. The molecule has 7 nitrogen and oxygen atoms in total. The molecule has 0 fully saturated rings.